The van der Waals surface area contributed by atoms with E-state index in [0.29, 0.717) is 52.8 Å². The molecule has 5 aromatic rings. The van der Waals surface area contributed by atoms with Crippen LogP contribution in [0.5, 0.6) is 0 Å². The summed E-state index contributed by atoms with van der Waals surface area (Å²) in [7, 11) is 14.8. The normalized spacial score (nSPS) is 18.3. The van der Waals surface area contributed by atoms with Crippen LogP contribution in [0, 0.1) is 15.7 Å². The number of hydrogen-bond donors (Lipinski definition) is 13. The molecule has 6 amide bonds. The maximum atomic E-state index is 11.6. The fourth-order valence-electron chi connectivity index (χ4n) is 9.86. The van der Waals surface area contributed by atoms with E-state index in [2.05, 4.69) is 102 Å². The predicted molar refractivity (Wildman–Crippen MR) is 455 cm³/mol. The summed E-state index contributed by atoms with van der Waals surface area (Å²) in [6.45, 7) is 11.4. The van der Waals surface area contributed by atoms with Crippen LogP contribution in [0.3, 0.4) is 0 Å². The lowest BCUT2D eigenvalue weighted by Crippen LogP contribution is -2.64. The monoisotopic (exact) mass is 1840 g/mol. The number of aryl methyl sites for hydroxylation is 2. The smallest absolute Gasteiger partial charge is 0.466 e. The first-order chi connectivity index (χ1) is 56.0. The Balaban J connectivity index is 0.000000461. The number of rotatable bonds is 30. The van der Waals surface area contributed by atoms with E-state index in [0.717, 1.165) is 96.6 Å². The molecule has 5 atom stereocenters. The van der Waals surface area contributed by atoms with Crippen molar-refractivity contribution in [1.82, 2.24) is 93.9 Å². The summed E-state index contributed by atoms with van der Waals surface area (Å²) in [5.74, 6) is 3.55. The maximum absolute atomic E-state index is 11.6. The van der Waals surface area contributed by atoms with Crippen LogP contribution in [-0.4, -0.2) is 368 Å². The minimum absolute atomic E-state index is 0.0600. The lowest BCUT2D eigenvalue weighted by molar-refractivity contribution is -0.252. The minimum atomic E-state index is -4.64. The lowest BCUT2D eigenvalue weighted by Gasteiger charge is -2.40. The molecule has 55 heteroatoms. The highest BCUT2D eigenvalue weighted by molar-refractivity contribution is 8.11. The summed E-state index contributed by atoms with van der Waals surface area (Å²) in [6, 6.07) is 5.55. The van der Waals surface area contributed by atoms with Crippen LogP contribution in [0.25, 0.3) is 5.65 Å². The number of aliphatic hydroxyl groups excluding tert-OH is 4. The summed E-state index contributed by atoms with van der Waals surface area (Å²) in [5, 5.41) is 73.2. The molecule has 0 bridgehead atoms. The molecule has 15 N–H and O–H groups in total. The molecule has 4 aliphatic heterocycles. The molecule has 5 fully saturated rings. The third kappa shape index (κ3) is 40.3. The van der Waals surface area contributed by atoms with Gasteiger partial charge >= 0.3 is 31.5 Å². The van der Waals surface area contributed by atoms with Crippen molar-refractivity contribution in [2.24, 2.45) is 45.3 Å². The number of nitrogens with one attached hydrogen (secondary N) is 3. The van der Waals surface area contributed by atoms with Gasteiger partial charge in [0.15, 0.2) is 23.3 Å². The number of urea groups is 2. The number of nitroso groups, excluding NO2 is 2. The van der Waals surface area contributed by atoms with Crippen molar-refractivity contribution < 1.29 is 73.5 Å². The number of fused-ring (bicyclic) bond motifs is 1. The summed E-state index contributed by atoms with van der Waals surface area (Å²) in [6.07, 6.45) is 2.54. The van der Waals surface area contributed by atoms with E-state index in [9.17, 15) is 53.9 Å². The molecule has 1 aromatic carbocycles. The van der Waals surface area contributed by atoms with Gasteiger partial charge in [0.25, 0.3) is 11.8 Å². The molecule has 0 unspecified atom stereocenters. The highest BCUT2D eigenvalue weighted by Gasteiger charge is 2.51. The van der Waals surface area contributed by atoms with E-state index in [-0.39, 0.29) is 47.7 Å². The molecule has 119 heavy (non-hydrogen) atoms. The van der Waals surface area contributed by atoms with Gasteiger partial charge in [0.2, 0.25) is 23.7 Å². The number of nitrogens with zero attached hydrogens (tertiary/aromatic N) is 24. The number of aromatic nitrogens is 10. The Morgan fingerprint density at radius 1 is 0.697 bits per heavy atom. The summed E-state index contributed by atoms with van der Waals surface area (Å²) < 4.78 is 23.3. The fourth-order valence-corrected chi connectivity index (χ4v) is 15.4. The zero-order chi connectivity index (χ0) is 90.0. The van der Waals surface area contributed by atoms with Crippen LogP contribution in [0.2, 0.25) is 0 Å². The SMILES string of the molecule is CC1CCC(NC(=O)N(CCCl)N=O)CC1.CN(C)N=Nc1nc[nH]c1C(N)=O.CN(C)c1nc(N(C)C)nc(N(C)C)n1.CN(CCCl)CCCl.CN(N=O)C(=O)N[C@@H]1[C@@H](O)[C@H](O)[C@@H](CO)O[C@@H]1O.Cn1nnc2c(C(N)=O)ncn2c1=O.O=C(O)CCCc1ccc(N(CCCl)CCCl)cc1.O=P(O)(O)O.S=P(N1CC1)(N1CC1)N1CC1. The average molecular weight is 1850 g/mol. The summed E-state index contributed by atoms with van der Waals surface area (Å²) >= 11 is 33.6. The van der Waals surface area contributed by atoms with E-state index >= 15 is 0 Å². The highest BCUT2D eigenvalue weighted by Crippen LogP contribution is 2.65. The van der Waals surface area contributed by atoms with Crippen molar-refractivity contribution in [2.45, 2.75) is 88.6 Å². The number of H-pyrrole nitrogens is 1. The minimum Gasteiger partial charge on any atom is -0.481 e. The number of alkyl halides is 5. The Kier molecular flexibility index (Phi) is 50.0. The number of nitrogens with two attached hydrogens (primary N) is 2. The van der Waals surface area contributed by atoms with Crippen molar-refractivity contribution >= 4 is 149 Å². The molecule has 0 spiro atoms. The third-order valence-corrected chi connectivity index (χ3v) is 22.8. The molecule has 8 heterocycles. The number of carbonyl (C=O) groups excluding carboxylic acids is 4. The van der Waals surface area contributed by atoms with Gasteiger partial charge in [-0.15, -0.1) is 78.0 Å². The molecule has 1 aliphatic carbocycles. The number of primary amides is 2. The largest absolute Gasteiger partial charge is 0.481 e. The van der Waals surface area contributed by atoms with E-state index in [1.54, 1.807) is 14.1 Å². The molecule has 1 saturated carbocycles. The van der Waals surface area contributed by atoms with Crippen LogP contribution in [0.1, 0.15) is 72.0 Å². The number of aliphatic carboxylic acids is 1. The molecule has 4 saturated heterocycles. The van der Waals surface area contributed by atoms with E-state index in [1.807, 2.05) is 88.3 Å². The lowest BCUT2D eigenvalue weighted by atomic mass is 9.87. The number of ether oxygens (including phenoxy) is 1. The Morgan fingerprint density at radius 2 is 1.18 bits per heavy atom. The van der Waals surface area contributed by atoms with Crippen molar-refractivity contribution in [3.05, 3.63) is 74.2 Å². The maximum Gasteiger partial charge on any atom is 0.466 e. The van der Waals surface area contributed by atoms with Gasteiger partial charge in [0, 0.05) is 183 Å². The van der Waals surface area contributed by atoms with E-state index < -0.39 is 87.1 Å². The molecule has 672 valence electrons. The predicted octanol–water partition coefficient (Wildman–Crippen LogP) is 1.67. The number of aromatic amines is 1. The molecule has 4 aromatic heterocycles. The van der Waals surface area contributed by atoms with Crippen molar-refractivity contribution in [2.75, 3.05) is 198 Å². The number of carboxylic acids is 1. The van der Waals surface area contributed by atoms with Crippen LogP contribution in [-0.2, 0) is 39.4 Å². The van der Waals surface area contributed by atoms with Gasteiger partial charge in [-0.1, -0.05) is 29.5 Å². The molecule has 0 radical (unpaired) electrons. The number of amides is 6. The number of phosphoric acid groups is 1. The first-order valence-corrected chi connectivity index (χ1v) is 43.5. The fraction of sp³-hybridized carbons (Fsp3) is 0.672. The number of carboxylic acid groups (broad SMARTS) is 1. The number of hydrogen-bond acceptors (Lipinski definition) is 31. The zero-order valence-corrected chi connectivity index (χ0v) is 74.6. The number of imidazole rings is 2. The van der Waals surface area contributed by atoms with Crippen molar-refractivity contribution in [3.8, 4) is 0 Å². The number of anilines is 4. The van der Waals surface area contributed by atoms with Gasteiger partial charge in [0.1, 0.15) is 37.2 Å². The van der Waals surface area contributed by atoms with Gasteiger partial charge < -0.3 is 96.5 Å². The third-order valence-electron chi connectivity index (χ3n) is 16.5. The second kappa shape index (κ2) is 55.4. The quantitative estimate of drug-likeness (QED) is 0.00776. The topological polar surface area (TPSA) is 601 Å². The second-order valence-electron chi connectivity index (χ2n) is 27.0. The van der Waals surface area contributed by atoms with Crippen molar-refractivity contribution in [1.29, 1.82) is 0 Å². The van der Waals surface area contributed by atoms with Crippen LogP contribution in [0.4, 0.5) is 38.9 Å². The van der Waals surface area contributed by atoms with E-state index in [4.69, 9.17) is 115 Å². The van der Waals surface area contributed by atoms with Crippen LogP contribution >= 0.6 is 72.3 Å². The standard InChI is InChI=1S/C14H19Cl2NO2.C10H18ClN3O2.C9H18N6.C8H15N3O7.C6H6N6O2.C6H10N6O.C6H12N3PS.C5H11Cl2N.H3O4P/c15-8-10-17(11-9-16)13-6-4-12(5-7-13)2-1-3-14(18)19;1-8-2-4-9(5-3-8)12-10(15)14(13-16)7-6-11;1-13(2)7-10-8(14(3)4)12-9(11-7)15(5)6;1-11(10-17)8(16)9-4-6(14)5(13)3(2-12)18-7(4)15;1-11-6(14)12-2-8-3(4(7)13)5(12)9-10-11;1-12(2)11-10-6-4(5(7)13)8-3-9-6;11-10(7-1-2-7,8-3-4-8)9-5-6-9;1-8(4-2-6)5-3-7;1-5(2,3)4/h4-7H,1-3,8-11H2,(H,18,19);8-9H,2-7H2,1H3,(H,12,15);1-6H3;3-7,12-15H,2H2,1H3,(H,9,16);2H,1H3,(H2,7,13);3H,1-2H3,(H2,7,13)(H,8,9);1-6H2;2-5H2,1H3;(H3,1,2,3,4)/t;;;3-,4-,5-,6-,7+;;;;;/m...1...../s1. The summed E-state index contributed by atoms with van der Waals surface area (Å²) in [4.78, 5) is 141. The first kappa shape index (κ1) is 107. The Morgan fingerprint density at radius 3 is 1.59 bits per heavy atom. The molecular weight excluding hydrogens is 1730 g/mol. The van der Waals surface area contributed by atoms with Gasteiger partial charge in [-0.2, -0.15) is 29.7 Å². The zero-order valence-electron chi connectivity index (χ0n) is 68.2. The van der Waals surface area contributed by atoms with Crippen LogP contribution in [0.15, 0.2) is 62.6 Å². The molecule has 10 rings (SSSR count). The first-order valence-electron chi connectivity index (χ1n) is 36.6. The summed E-state index contributed by atoms with van der Waals surface area (Å²) in [5.41, 5.74) is 12.0. The number of aliphatic hydroxyl groups is 4. The van der Waals surface area contributed by atoms with Crippen LogP contribution < -0.4 is 47.4 Å². The Bertz CT molecular complexity index is 3950. The van der Waals surface area contributed by atoms with Gasteiger partial charge in [0.05, 0.1) is 30.1 Å². The van der Waals surface area contributed by atoms with E-state index in [1.165, 1.54) is 64.0 Å². The van der Waals surface area contributed by atoms with Gasteiger partial charge in [-0.05, 0) is 81.0 Å². The molecular formula is C64H112Cl5N29O18P2S. The van der Waals surface area contributed by atoms with Gasteiger partial charge in [-0.3, -0.25) is 19.4 Å². The number of carbonyl (C=O) groups is 5. The molecule has 5 aliphatic rings. The number of halogens is 5. The van der Waals surface area contributed by atoms with Crippen molar-refractivity contribution in [3.63, 3.8) is 0 Å². The highest BCUT2D eigenvalue weighted by atomic mass is 35.5. The Labute approximate surface area is 718 Å². The average Bonchev–Trinajstić information content (AvgIpc) is 1.57. The number of benzene rings is 1. The Hall–Kier alpha value is -7.68. The second-order valence-corrected chi connectivity index (χ2v) is 34.1. The van der Waals surface area contributed by atoms with Gasteiger partial charge in [-0.25, -0.2) is 47.3 Å². The molecule has 47 nitrogen and oxygen atoms in total.